The van der Waals surface area contributed by atoms with Crippen LogP contribution in [0.5, 0.6) is 0 Å². The van der Waals surface area contributed by atoms with Crippen LogP contribution in [0.2, 0.25) is 0 Å². The molecule has 3 rings (SSSR count). The Bertz CT molecular complexity index is 826. The van der Waals surface area contributed by atoms with Gasteiger partial charge >= 0.3 is 0 Å². The summed E-state index contributed by atoms with van der Waals surface area (Å²) in [5.74, 6) is 0.212. The Kier molecular flexibility index (Phi) is 6.04. The summed E-state index contributed by atoms with van der Waals surface area (Å²) in [6.45, 7) is 6.49. The molecule has 0 spiro atoms. The van der Waals surface area contributed by atoms with Gasteiger partial charge in [0, 0.05) is 44.3 Å². The molecule has 27 heavy (non-hydrogen) atoms. The number of aliphatic hydroxyl groups excluding tert-OH is 2. The third kappa shape index (κ3) is 4.26. The molecule has 2 unspecified atom stereocenters. The van der Waals surface area contributed by atoms with Crippen LogP contribution in [0.25, 0.3) is 11.0 Å². The van der Waals surface area contributed by atoms with Crippen LogP contribution in [0.3, 0.4) is 0 Å². The van der Waals surface area contributed by atoms with Crippen molar-refractivity contribution in [3.63, 3.8) is 0 Å². The maximum absolute atomic E-state index is 13.0. The van der Waals surface area contributed by atoms with Crippen LogP contribution in [0.1, 0.15) is 21.7 Å². The van der Waals surface area contributed by atoms with Gasteiger partial charge in [0.15, 0.2) is 0 Å². The molecule has 2 heterocycles. The van der Waals surface area contributed by atoms with Crippen molar-refractivity contribution in [1.82, 2.24) is 19.8 Å². The number of likely N-dealkylation sites (tertiary alicyclic amines) is 1. The van der Waals surface area contributed by atoms with Gasteiger partial charge in [-0.1, -0.05) is 0 Å². The van der Waals surface area contributed by atoms with E-state index in [1.807, 2.05) is 36.8 Å². The quantitative estimate of drug-likeness (QED) is 0.781. The van der Waals surface area contributed by atoms with E-state index in [-0.39, 0.29) is 31.0 Å². The molecule has 1 aliphatic rings. The van der Waals surface area contributed by atoms with Gasteiger partial charge in [0.2, 0.25) is 0 Å². The Morgan fingerprint density at radius 1 is 1.15 bits per heavy atom. The van der Waals surface area contributed by atoms with Crippen LogP contribution < -0.4 is 0 Å². The summed E-state index contributed by atoms with van der Waals surface area (Å²) in [5, 5.41) is 18.8. The van der Waals surface area contributed by atoms with Crippen LogP contribution in [-0.2, 0) is 0 Å². The SMILES string of the molecule is Cc1nc2ccc(C(=O)N3CC(CO)C(CN(C)CCO)C3)cc2nc1C. The summed E-state index contributed by atoms with van der Waals surface area (Å²) in [4.78, 5) is 25.9. The van der Waals surface area contributed by atoms with E-state index in [1.54, 1.807) is 12.1 Å². The van der Waals surface area contributed by atoms with Crippen molar-refractivity contribution in [2.45, 2.75) is 13.8 Å². The Morgan fingerprint density at radius 3 is 2.48 bits per heavy atom. The molecule has 2 aromatic rings. The second kappa shape index (κ2) is 8.29. The van der Waals surface area contributed by atoms with Crippen molar-refractivity contribution in [2.75, 3.05) is 46.4 Å². The maximum atomic E-state index is 13.0. The molecule has 1 amide bonds. The first kappa shape index (κ1) is 19.7. The van der Waals surface area contributed by atoms with Crippen LogP contribution in [0.4, 0.5) is 0 Å². The van der Waals surface area contributed by atoms with Gasteiger partial charge in [-0.15, -0.1) is 0 Å². The van der Waals surface area contributed by atoms with Gasteiger partial charge in [0.05, 0.1) is 29.0 Å². The van der Waals surface area contributed by atoms with Crippen molar-refractivity contribution in [3.05, 3.63) is 35.2 Å². The molecule has 2 atom stereocenters. The van der Waals surface area contributed by atoms with E-state index in [2.05, 4.69) is 9.97 Å². The zero-order chi connectivity index (χ0) is 19.6. The molecule has 0 radical (unpaired) electrons. The normalized spacial score (nSPS) is 20.0. The molecule has 7 nitrogen and oxygen atoms in total. The number of hydrogen-bond donors (Lipinski definition) is 2. The smallest absolute Gasteiger partial charge is 0.253 e. The fraction of sp³-hybridized carbons (Fsp3) is 0.550. The Morgan fingerprint density at radius 2 is 1.81 bits per heavy atom. The van der Waals surface area contributed by atoms with E-state index in [0.29, 0.717) is 25.2 Å². The van der Waals surface area contributed by atoms with Crippen LogP contribution in [0.15, 0.2) is 18.2 Å². The number of likely N-dealkylation sites (N-methyl/N-ethyl adjacent to an activating group) is 1. The monoisotopic (exact) mass is 372 g/mol. The first-order valence-electron chi connectivity index (χ1n) is 9.37. The van der Waals surface area contributed by atoms with E-state index in [1.165, 1.54) is 0 Å². The van der Waals surface area contributed by atoms with Gasteiger partial charge in [-0.2, -0.15) is 0 Å². The third-order valence-corrected chi connectivity index (χ3v) is 5.45. The van der Waals surface area contributed by atoms with E-state index >= 15 is 0 Å². The fourth-order valence-corrected chi connectivity index (χ4v) is 3.73. The first-order chi connectivity index (χ1) is 12.9. The van der Waals surface area contributed by atoms with Crippen molar-refractivity contribution in [2.24, 2.45) is 11.8 Å². The number of aryl methyl sites for hydroxylation is 2. The number of fused-ring (bicyclic) bond motifs is 1. The molecule has 2 N–H and O–H groups in total. The van der Waals surface area contributed by atoms with E-state index < -0.39 is 0 Å². The minimum atomic E-state index is -0.0392. The number of benzene rings is 1. The summed E-state index contributed by atoms with van der Waals surface area (Å²) in [6, 6.07) is 5.44. The van der Waals surface area contributed by atoms with Crippen LogP contribution >= 0.6 is 0 Å². The molecule has 0 saturated carbocycles. The molecule has 0 bridgehead atoms. The third-order valence-electron chi connectivity index (χ3n) is 5.45. The zero-order valence-electron chi connectivity index (χ0n) is 16.2. The zero-order valence-corrected chi connectivity index (χ0v) is 16.2. The minimum Gasteiger partial charge on any atom is -0.396 e. The number of rotatable bonds is 6. The predicted octanol–water partition coefficient (Wildman–Crippen LogP) is 0.851. The highest BCUT2D eigenvalue weighted by Crippen LogP contribution is 2.26. The van der Waals surface area contributed by atoms with E-state index in [9.17, 15) is 9.90 Å². The van der Waals surface area contributed by atoms with Gasteiger partial charge in [0.1, 0.15) is 0 Å². The fourth-order valence-electron chi connectivity index (χ4n) is 3.73. The van der Waals surface area contributed by atoms with Crippen LogP contribution in [0, 0.1) is 25.7 Å². The molecular weight excluding hydrogens is 344 g/mol. The Labute approximate surface area is 159 Å². The first-order valence-corrected chi connectivity index (χ1v) is 9.37. The number of carbonyl (C=O) groups is 1. The molecule has 1 aromatic carbocycles. The number of nitrogens with zero attached hydrogens (tertiary/aromatic N) is 4. The summed E-state index contributed by atoms with van der Waals surface area (Å²) >= 11 is 0. The predicted molar refractivity (Wildman–Crippen MR) is 104 cm³/mol. The molecule has 1 aliphatic heterocycles. The molecule has 1 fully saturated rings. The number of hydrogen-bond acceptors (Lipinski definition) is 6. The number of carbonyl (C=O) groups excluding carboxylic acids is 1. The second-order valence-corrected chi connectivity index (χ2v) is 7.50. The number of amides is 1. The molecule has 146 valence electrons. The molecule has 1 saturated heterocycles. The highest BCUT2D eigenvalue weighted by atomic mass is 16.3. The Hall–Kier alpha value is -2.09. The minimum absolute atomic E-state index is 0.0392. The van der Waals surface area contributed by atoms with Crippen molar-refractivity contribution >= 4 is 16.9 Å². The average molecular weight is 372 g/mol. The number of aliphatic hydroxyl groups is 2. The second-order valence-electron chi connectivity index (χ2n) is 7.50. The summed E-state index contributed by atoms with van der Waals surface area (Å²) < 4.78 is 0. The van der Waals surface area contributed by atoms with Gasteiger partial charge in [0.25, 0.3) is 5.91 Å². The van der Waals surface area contributed by atoms with Crippen molar-refractivity contribution in [3.8, 4) is 0 Å². The molecule has 0 aliphatic carbocycles. The molecule has 7 heteroatoms. The van der Waals surface area contributed by atoms with Gasteiger partial charge in [-0.05, 0) is 45.0 Å². The lowest BCUT2D eigenvalue weighted by atomic mass is 9.96. The Balaban J connectivity index is 1.77. The maximum Gasteiger partial charge on any atom is 0.253 e. The summed E-state index contributed by atoms with van der Waals surface area (Å²) in [5.41, 5.74) is 3.86. The standard InChI is InChI=1S/C20H28N4O3/c1-13-14(2)22-19-8-15(4-5-18(19)21-13)20(27)24-10-16(17(11-24)12-26)9-23(3)6-7-25/h4-5,8,16-17,25-26H,6-7,9-12H2,1-3H3. The summed E-state index contributed by atoms with van der Waals surface area (Å²) in [7, 11) is 1.95. The lowest BCUT2D eigenvalue weighted by Crippen LogP contribution is -2.33. The highest BCUT2D eigenvalue weighted by Gasteiger charge is 2.35. The number of aromatic nitrogens is 2. The molecular formula is C20H28N4O3. The largest absolute Gasteiger partial charge is 0.396 e. The molecule has 1 aromatic heterocycles. The summed E-state index contributed by atoms with van der Waals surface area (Å²) in [6.07, 6.45) is 0. The van der Waals surface area contributed by atoms with Gasteiger partial charge in [-0.3, -0.25) is 4.79 Å². The lowest BCUT2D eigenvalue weighted by Gasteiger charge is -2.23. The van der Waals surface area contributed by atoms with E-state index in [4.69, 9.17) is 5.11 Å². The average Bonchev–Trinajstić information content (AvgIpc) is 3.04. The van der Waals surface area contributed by atoms with Crippen molar-refractivity contribution in [1.29, 1.82) is 0 Å². The van der Waals surface area contributed by atoms with Gasteiger partial charge in [-0.25, -0.2) is 9.97 Å². The van der Waals surface area contributed by atoms with Crippen molar-refractivity contribution < 1.29 is 15.0 Å². The van der Waals surface area contributed by atoms with Crippen LogP contribution in [-0.4, -0.2) is 82.3 Å². The highest BCUT2D eigenvalue weighted by molar-refractivity contribution is 5.97. The van der Waals surface area contributed by atoms with Gasteiger partial charge < -0.3 is 20.0 Å². The lowest BCUT2D eigenvalue weighted by molar-refractivity contribution is 0.0779. The topological polar surface area (TPSA) is 89.8 Å². The van der Waals surface area contributed by atoms with E-state index in [0.717, 1.165) is 29.0 Å².